The predicted molar refractivity (Wildman–Crippen MR) is 73.8 cm³/mol. The number of methoxy groups -OCH3 is 1. The Morgan fingerprint density at radius 3 is 2.67 bits per heavy atom. The molecule has 0 saturated carbocycles. The molecule has 0 spiro atoms. The van der Waals surface area contributed by atoms with Crippen molar-refractivity contribution in [2.45, 2.75) is 6.92 Å². The van der Waals surface area contributed by atoms with Crippen LogP contribution in [0.5, 0.6) is 5.75 Å². The molecule has 4 nitrogen and oxygen atoms in total. The molecule has 4 heteroatoms. The van der Waals surface area contributed by atoms with Gasteiger partial charge in [-0.3, -0.25) is 0 Å². The van der Waals surface area contributed by atoms with Crippen molar-refractivity contribution in [3.05, 3.63) is 36.2 Å². The van der Waals surface area contributed by atoms with Crippen molar-refractivity contribution in [1.29, 1.82) is 0 Å². The molecule has 0 aliphatic heterocycles. The molecule has 3 aromatic rings. The molecule has 0 atom stereocenters. The number of rotatable bonds is 2. The van der Waals surface area contributed by atoms with Gasteiger partial charge in [-0.05, 0) is 25.1 Å². The molecular formula is C14H15N3O. The summed E-state index contributed by atoms with van der Waals surface area (Å²) in [7, 11) is 1.69. The van der Waals surface area contributed by atoms with Crippen LogP contribution in [0.4, 0.5) is 5.69 Å². The molecule has 2 heterocycles. The third kappa shape index (κ3) is 1.46. The van der Waals surface area contributed by atoms with Gasteiger partial charge in [0.1, 0.15) is 5.75 Å². The highest BCUT2D eigenvalue weighted by Gasteiger charge is 2.12. The van der Waals surface area contributed by atoms with Gasteiger partial charge >= 0.3 is 0 Å². The average Bonchev–Trinajstić information content (AvgIpc) is 2.96. The Bertz CT molecular complexity index is 709. The van der Waals surface area contributed by atoms with Gasteiger partial charge in [-0.15, -0.1) is 0 Å². The fourth-order valence-corrected chi connectivity index (χ4v) is 2.38. The molecule has 0 fully saturated rings. The lowest BCUT2D eigenvalue weighted by atomic mass is 10.0. The van der Waals surface area contributed by atoms with Crippen molar-refractivity contribution in [3.63, 3.8) is 0 Å². The molecule has 1 aromatic carbocycles. The summed E-state index contributed by atoms with van der Waals surface area (Å²) in [5.74, 6) is 0.892. The van der Waals surface area contributed by atoms with Crippen LogP contribution in [-0.2, 0) is 0 Å². The van der Waals surface area contributed by atoms with Gasteiger partial charge in [0.2, 0.25) is 0 Å². The Labute approximate surface area is 105 Å². The standard InChI is InChI=1S/C14H15N3O/c1-8-13(18-2)4-3-11-14(8)10(7-17-11)12-5-9(15)6-16-12/h3-7,16-17H,15H2,1-2H3. The maximum absolute atomic E-state index is 5.76. The summed E-state index contributed by atoms with van der Waals surface area (Å²) < 4.78 is 5.37. The Hall–Kier alpha value is -2.36. The first-order chi connectivity index (χ1) is 8.70. The molecule has 3 rings (SSSR count). The third-order valence-electron chi connectivity index (χ3n) is 3.27. The van der Waals surface area contributed by atoms with Gasteiger partial charge in [0.05, 0.1) is 7.11 Å². The second-order valence-electron chi connectivity index (χ2n) is 4.36. The second kappa shape index (κ2) is 3.84. The highest BCUT2D eigenvalue weighted by molar-refractivity contribution is 5.98. The van der Waals surface area contributed by atoms with E-state index in [1.807, 2.05) is 24.4 Å². The molecule has 0 saturated heterocycles. The van der Waals surface area contributed by atoms with Crippen LogP contribution in [0.2, 0.25) is 0 Å². The topological polar surface area (TPSA) is 66.8 Å². The van der Waals surface area contributed by atoms with Crippen LogP contribution in [-0.4, -0.2) is 17.1 Å². The Morgan fingerprint density at radius 1 is 1.17 bits per heavy atom. The Morgan fingerprint density at radius 2 is 2.00 bits per heavy atom. The van der Waals surface area contributed by atoms with Crippen LogP contribution < -0.4 is 10.5 Å². The van der Waals surface area contributed by atoms with E-state index in [4.69, 9.17) is 10.5 Å². The summed E-state index contributed by atoms with van der Waals surface area (Å²) in [4.78, 5) is 6.45. The van der Waals surface area contributed by atoms with Crippen molar-refractivity contribution < 1.29 is 4.74 Å². The van der Waals surface area contributed by atoms with E-state index in [0.717, 1.165) is 39.2 Å². The number of anilines is 1. The number of nitrogens with two attached hydrogens (primary N) is 1. The first kappa shape index (κ1) is 10.8. The molecule has 4 N–H and O–H groups in total. The van der Waals surface area contributed by atoms with E-state index in [1.54, 1.807) is 13.3 Å². The number of aromatic amines is 2. The largest absolute Gasteiger partial charge is 0.496 e. The summed E-state index contributed by atoms with van der Waals surface area (Å²) in [5.41, 5.74) is 10.8. The summed E-state index contributed by atoms with van der Waals surface area (Å²) >= 11 is 0. The van der Waals surface area contributed by atoms with Crippen LogP contribution in [0.3, 0.4) is 0 Å². The third-order valence-corrected chi connectivity index (χ3v) is 3.27. The molecule has 2 aromatic heterocycles. The first-order valence-corrected chi connectivity index (χ1v) is 5.79. The zero-order chi connectivity index (χ0) is 12.7. The number of hydrogen-bond acceptors (Lipinski definition) is 2. The van der Waals surface area contributed by atoms with Crippen LogP contribution in [0.1, 0.15) is 5.56 Å². The van der Waals surface area contributed by atoms with Crippen LogP contribution in [0.25, 0.3) is 22.2 Å². The average molecular weight is 241 g/mol. The van der Waals surface area contributed by atoms with Gasteiger partial charge in [0.15, 0.2) is 0 Å². The van der Waals surface area contributed by atoms with E-state index in [2.05, 4.69) is 16.9 Å². The first-order valence-electron chi connectivity index (χ1n) is 5.79. The lowest BCUT2D eigenvalue weighted by Gasteiger charge is -2.06. The van der Waals surface area contributed by atoms with Crippen molar-refractivity contribution in [2.24, 2.45) is 0 Å². The van der Waals surface area contributed by atoms with E-state index in [1.165, 1.54) is 0 Å². The number of ether oxygens (including phenoxy) is 1. The number of benzene rings is 1. The zero-order valence-corrected chi connectivity index (χ0v) is 10.4. The number of hydrogen-bond donors (Lipinski definition) is 3. The van der Waals surface area contributed by atoms with E-state index >= 15 is 0 Å². The fourth-order valence-electron chi connectivity index (χ4n) is 2.38. The van der Waals surface area contributed by atoms with E-state index in [-0.39, 0.29) is 0 Å². The second-order valence-corrected chi connectivity index (χ2v) is 4.36. The molecule has 0 amide bonds. The van der Waals surface area contributed by atoms with E-state index in [0.29, 0.717) is 0 Å². The maximum Gasteiger partial charge on any atom is 0.122 e. The summed E-state index contributed by atoms with van der Waals surface area (Å²) in [6, 6.07) is 5.93. The molecule has 0 bridgehead atoms. The number of aryl methyl sites for hydroxylation is 1. The number of nitrogen functional groups attached to an aromatic ring is 1. The lowest BCUT2D eigenvalue weighted by molar-refractivity contribution is 0.412. The molecular weight excluding hydrogens is 226 g/mol. The van der Waals surface area contributed by atoms with Crippen molar-refractivity contribution in [3.8, 4) is 17.0 Å². The number of aromatic nitrogens is 2. The van der Waals surface area contributed by atoms with Gasteiger partial charge in [0, 0.05) is 45.8 Å². The fraction of sp³-hybridized carbons (Fsp3) is 0.143. The minimum Gasteiger partial charge on any atom is -0.496 e. The summed E-state index contributed by atoms with van der Waals surface area (Å²) in [5, 5.41) is 1.16. The van der Waals surface area contributed by atoms with Gasteiger partial charge in [-0.2, -0.15) is 0 Å². The molecule has 0 radical (unpaired) electrons. The van der Waals surface area contributed by atoms with Gasteiger partial charge in [0.25, 0.3) is 0 Å². The molecule has 0 aliphatic rings. The summed E-state index contributed by atoms with van der Waals surface area (Å²) in [6.45, 7) is 2.06. The van der Waals surface area contributed by atoms with Gasteiger partial charge in [-0.1, -0.05) is 0 Å². The maximum atomic E-state index is 5.76. The number of nitrogens with one attached hydrogen (secondary N) is 2. The summed E-state index contributed by atoms with van der Waals surface area (Å²) in [6.07, 6.45) is 3.78. The Balaban J connectivity index is 2.30. The van der Waals surface area contributed by atoms with Crippen molar-refractivity contribution in [2.75, 3.05) is 12.8 Å². The van der Waals surface area contributed by atoms with Crippen LogP contribution in [0, 0.1) is 6.92 Å². The zero-order valence-electron chi connectivity index (χ0n) is 10.4. The highest BCUT2D eigenvalue weighted by atomic mass is 16.5. The quantitative estimate of drug-likeness (QED) is 0.645. The minimum absolute atomic E-state index is 0.736. The number of fused-ring (bicyclic) bond motifs is 1. The molecule has 0 aliphatic carbocycles. The van der Waals surface area contributed by atoms with Gasteiger partial charge < -0.3 is 20.4 Å². The normalized spacial score (nSPS) is 11.0. The monoisotopic (exact) mass is 241 g/mol. The smallest absolute Gasteiger partial charge is 0.122 e. The minimum atomic E-state index is 0.736. The van der Waals surface area contributed by atoms with Crippen molar-refractivity contribution >= 4 is 16.6 Å². The number of H-pyrrole nitrogens is 2. The van der Waals surface area contributed by atoms with Crippen LogP contribution in [0.15, 0.2) is 30.6 Å². The SMILES string of the molecule is COc1ccc2[nH]cc(-c3cc(N)c[nH]3)c2c1C. The molecule has 0 unspecified atom stereocenters. The molecule has 92 valence electrons. The van der Waals surface area contributed by atoms with E-state index < -0.39 is 0 Å². The highest BCUT2D eigenvalue weighted by Crippen LogP contribution is 2.34. The predicted octanol–water partition coefficient (Wildman–Crippen LogP) is 3.06. The van der Waals surface area contributed by atoms with Gasteiger partial charge in [-0.25, -0.2) is 0 Å². The van der Waals surface area contributed by atoms with E-state index in [9.17, 15) is 0 Å². The molecule has 18 heavy (non-hydrogen) atoms. The Kier molecular flexibility index (Phi) is 2.30. The lowest BCUT2D eigenvalue weighted by Crippen LogP contribution is -1.88. The van der Waals surface area contributed by atoms with Crippen molar-refractivity contribution in [1.82, 2.24) is 9.97 Å². The van der Waals surface area contributed by atoms with Crippen LogP contribution >= 0.6 is 0 Å².